The fourth-order valence-electron chi connectivity index (χ4n) is 3.11. The van der Waals surface area contributed by atoms with Gasteiger partial charge in [-0.1, -0.05) is 12.1 Å². The van der Waals surface area contributed by atoms with Gasteiger partial charge in [-0.3, -0.25) is 4.90 Å². The molecule has 1 saturated heterocycles. The lowest BCUT2D eigenvalue weighted by Crippen LogP contribution is -2.46. The number of carbonyl (C=O) groups excluding carboxylic acids is 1. The Balaban J connectivity index is 1.58. The molecule has 0 aromatic heterocycles. The lowest BCUT2D eigenvalue weighted by Gasteiger charge is -2.32. The van der Waals surface area contributed by atoms with E-state index in [1.165, 1.54) is 5.56 Å². The molecule has 2 heterocycles. The molecule has 2 aliphatic heterocycles. The summed E-state index contributed by atoms with van der Waals surface area (Å²) in [5.41, 5.74) is 1.18. The normalized spacial score (nSPS) is 19.0. The number of piperidine rings is 1. The minimum absolute atomic E-state index is 0.0950. The van der Waals surface area contributed by atoms with Crippen LogP contribution < -0.4 is 20.1 Å². The third kappa shape index (κ3) is 4.07. The Morgan fingerprint density at radius 2 is 2.04 bits per heavy atom. The molecule has 23 heavy (non-hydrogen) atoms. The molecule has 1 aromatic rings. The van der Waals surface area contributed by atoms with E-state index in [1.54, 1.807) is 7.05 Å². The topological polar surface area (TPSA) is 62.8 Å². The molecule has 0 radical (unpaired) electrons. The van der Waals surface area contributed by atoms with Crippen molar-refractivity contribution in [3.63, 3.8) is 0 Å². The number of amides is 2. The smallest absolute Gasteiger partial charge is 0.314 e. The van der Waals surface area contributed by atoms with Crippen molar-refractivity contribution in [1.29, 1.82) is 0 Å². The van der Waals surface area contributed by atoms with E-state index >= 15 is 0 Å². The first-order valence-corrected chi connectivity index (χ1v) is 8.34. The third-order valence-electron chi connectivity index (χ3n) is 4.40. The van der Waals surface area contributed by atoms with Gasteiger partial charge in [0.05, 0.1) is 13.2 Å². The molecule has 0 spiro atoms. The molecule has 6 nitrogen and oxygen atoms in total. The number of urea groups is 1. The van der Waals surface area contributed by atoms with Crippen molar-refractivity contribution in [2.75, 3.05) is 33.4 Å². The molecule has 3 rings (SSSR count). The number of hydrogen-bond donors (Lipinski definition) is 2. The predicted octanol–water partition coefficient (Wildman–Crippen LogP) is 1.74. The van der Waals surface area contributed by atoms with Gasteiger partial charge in [0.2, 0.25) is 0 Å². The lowest BCUT2D eigenvalue weighted by molar-refractivity contribution is 0.185. The van der Waals surface area contributed by atoms with E-state index in [2.05, 4.69) is 21.6 Å². The largest absolute Gasteiger partial charge is 0.490 e. The van der Waals surface area contributed by atoms with Crippen LogP contribution in [0, 0.1) is 0 Å². The van der Waals surface area contributed by atoms with Crippen LogP contribution >= 0.6 is 0 Å². The number of nitrogens with one attached hydrogen (secondary N) is 2. The summed E-state index contributed by atoms with van der Waals surface area (Å²) in [4.78, 5) is 13.8. The number of rotatable bonds is 3. The number of fused-ring (bicyclic) bond motifs is 1. The van der Waals surface area contributed by atoms with Crippen LogP contribution in [0.1, 0.15) is 24.8 Å². The average Bonchev–Trinajstić information content (AvgIpc) is 2.83. The summed E-state index contributed by atoms with van der Waals surface area (Å²) in [6.07, 6.45) is 2.87. The number of ether oxygens (including phenoxy) is 2. The number of para-hydroxylation sites is 1. The van der Waals surface area contributed by atoms with Crippen molar-refractivity contribution >= 4 is 6.03 Å². The summed E-state index contributed by atoms with van der Waals surface area (Å²) in [5.74, 6) is 1.76. The maximum Gasteiger partial charge on any atom is 0.314 e. The predicted molar refractivity (Wildman–Crippen MR) is 87.9 cm³/mol. The van der Waals surface area contributed by atoms with Crippen molar-refractivity contribution in [3.8, 4) is 11.5 Å². The summed E-state index contributed by atoms with van der Waals surface area (Å²) >= 11 is 0. The van der Waals surface area contributed by atoms with Gasteiger partial charge < -0.3 is 20.1 Å². The van der Waals surface area contributed by atoms with Gasteiger partial charge in [0.15, 0.2) is 11.5 Å². The van der Waals surface area contributed by atoms with Crippen molar-refractivity contribution in [3.05, 3.63) is 23.8 Å². The molecule has 0 aliphatic carbocycles. The Hall–Kier alpha value is -1.95. The summed E-state index contributed by atoms with van der Waals surface area (Å²) in [7, 11) is 1.65. The molecular weight excluding hydrogens is 294 g/mol. The van der Waals surface area contributed by atoms with E-state index < -0.39 is 0 Å². The first-order valence-electron chi connectivity index (χ1n) is 8.34. The third-order valence-corrected chi connectivity index (χ3v) is 4.40. The van der Waals surface area contributed by atoms with E-state index in [0.29, 0.717) is 13.2 Å². The highest BCUT2D eigenvalue weighted by molar-refractivity contribution is 5.73. The van der Waals surface area contributed by atoms with E-state index in [4.69, 9.17) is 9.47 Å². The van der Waals surface area contributed by atoms with E-state index in [0.717, 1.165) is 50.4 Å². The molecule has 1 aromatic carbocycles. The van der Waals surface area contributed by atoms with Gasteiger partial charge in [0, 0.05) is 44.7 Å². The second kappa shape index (κ2) is 7.55. The monoisotopic (exact) mass is 319 g/mol. The first-order chi connectivity index (χ1) is 11.3. The number of benzene rings is 1. The van der Waals surface area contributed by atoms with E-state index in [9.17, 15) is 4.79 Å². The van der Waals surface area contributed by atoms with Crippen LogP contribution in [0.3, 0.4) is 0 Å². The van der Waals surface area contributed by atoms with Crippen molar-refractivity contribution in [2.45, 2.75) is 31.8 Å². The fraction of sp³-hybridized carbons (Fsp3) is 0.588. The van der Waals surface area contributed by atoms with Crippen LogP contribution in [-0.4, -0.2) is 50.3 Å². The first kappa shape index (κ1) is 15.9. The zero-order valence-corrected chi connectivity index (χ0v) is 13.6. The summed E-state index contributed by atoms with van der Waals surface area (Å²) in [6, 6.07) is 6.29. The molecule has 126 valence electrons. The summed E-state index contributed by atoms with van der Waals surface area (Å²) in [5, 5.41) is 5.60. The lowest BCUT2D eigenvalue weighted by atomic mass is 10.0. The maximum atomic E-state index is 11.4. The zero-order chi connectivity index (χ0) is 16.1. The zero-order valence-electron chi connectivity index (χ0n) is 13.6. The second-order valence-corrected chi connectivity index (χ2v) is 6.07. The van der Waals surface area contributed by atoms with Crippen LogP contribution in [-0.2, 0) is 6.54 Å². The number of hydrogen-bond acceptors (Lipinski definition) is 4. The maximum absolute atomic E-state index is 11.4. The van der Waals surface area contributed by atoms with Gasteiger partial charge in [0.1, 0.15) is 0 Å². The quantitative estimate of drug-likeness (QED) is 0.891. The van der Waals surface area contributed by atoms with Crippen LogP contribution in [0.5, 0.6) is 11.5 Å². The van der Waals surface area contributed by atoms with Crippen LogP contribution in [0.15, 0.2) is 18.2 Å². The van der Waals surface area contributed by atoms with E-state index in [1.807, 2.05) is 12.1 Å². The molecule has 2 amide bonds. The van der Waals surface area contributed by atoms with Gasteiger partial charge >= 0.3 is 6.03 Å². The average molecular weight is 319 g/mol. The Bertz CT molecular complexity index is 542. The summed E-state index contributed by atoms with van der Waals surface area (Å²) in [6.45, 7) is 4.23. The van der Waals surface area contributed by atoms with Gasteiger partial charge in [-0.15, -0.1) is 0 Å². The number of likely N-dealkylation sites (tertiary alicyclic amines) is 1. The van der Waals surface area contributed by atoms with Crippen molar-refractivity contribution < 1.29 is 14.3 Å². The standard InChI is InChI=1S/C17H25N3O3/c1-18-17(21)19-14-6-8-20(9-7-14)12-13-4-2-5-15-16(13)23-11-3-10-22-15/h2,4-5,14H,3,6-12H2,1H3,(H2,18,19,21). The molecule has 1 fully saturated rings. The Morgan fingerprint density at radius 1 is 1.26 bits per heavy atom. The van der Waals surface area contributed by atoms with Crippen molar-refractivity contribution in [1.82, 2.24) is 15.5 Å². The second-order valence-electron chi connectivity index (χ2n) is 6.07. The highest BCUT2D eigenvalue weighted by Crippen LogP contribution is 2.34. The molecule has 0 unspecified atom stereocenters. The highest BCUT2D eigenvalue weighted by Gasteiger charge is 2.22. The Morgan fingerprint density at radius 3 is 2.83 bits per heavy atom. The van der Waals surface area contributed by atoms with Crippen LogP contribution in [0.2, 0.25) is 0 Å². The molecule has 2 aliphatic rings. The van der Waals surface area contributed by atoms with E-state index in [-0.39, 0.29) is 12.1 Å². The van der Waals surface area contributed by atoms with Crippen molar-refractivity contribution in [2.24, 2.45) is 0 Å². The number of nitrogens with zero attached hydrogens (tertiary/aromatic N) is 1. The number of carbonyl (C=O) groups is 1. The molecule has 0 saturated carbocycles. The molecular formula is C17H25N3O3. The summed E-state index contributed by atoms with van der Waals surface area (Å²) < 4.78 is 11.6. The van der Waals surface area contributed by atoms with Gasteiger partial charge in [-0.25, -0.2) is 4.79 Å². The van der Waals surface area contributed by atoms with Crippen LogP contribution in [0.4, 0.5) is 4.79 Å². The SMILES string of the molecule is CNC(=O)NC1CCN(Cc2cccc3c2OCCCO3)CC1. The fourth-order valence-corrected chi connectivity index (χ4v) is 3.11. The molecule has 0 atom stereocenters. The Labute approximate surface area is 137 Å². The molecule has 2 N–H and O–H groups in total. The minimum atomic E-state index is -0.0950. The van der Waals surface area contributed by atoms with Gasteiger partial charge in [-0.05, 0) is 18.9 Å². The van der Waals surface area contributed by atoms with Gasteiger partial charge in [0.25, 0.3) is 0 Å². The molecule has 6 heteroatoms. The minimum Gasteiger partial charge on any atom is -0.490 e. The highest BCUT2D eigenvalue weighted by atomic mass is 16.5. The Kier molecular flexibility index (Phi) is 5.23. The molecule has 0 bridgehead atoms. The van der Waals surface area contributed by atoms with Crippen LogP contribution in [0.25, 0.3) is 0 Å². The van der Waals surface area contributed by atoms with Gasteiger partial charge in [-0.2, -0.15) is 0 Å².